The van der Waals surface area contributed by atoms with E-state index >= 15 is 0 Å². The summed E-state index contributed by atoms with van der Waals surface area (Å²) >= 11 is 0. The summed E-state index contributed by atoms with van der Waals surface area (Å²) < 4.78 is 2.20. The van der Waals surface area contributed by atoms with Crippen molar-refractivity contribution in [1.29, 1.82) is 0 Å². The van der Waals surface area contributed by atoms with Gasteiger partial charge in [-0.2, -0.15) is 0 Å². The van der Waals surface area contributed by atoms with Crippen molar-refractivity contribution < 1.29 is 0 Å². The lowest BCUT2D eigenvalue weighted by Crippen LogP contribution is -1.94. The predicted molar refractivity (Wildman–Crippen MR) is 76.4 cm³/mol. The average molecular weight is 245 g/mol. The molecule has 2 aromatic carbocycles. The molecule has 0 saturated heterocycles. The zero-order chi connectivity index (χ0) is 12.7. The lowest BCUT2D eigenvalue weighted by molar-refractivity contribution is 1.07. The lowest BCUT2D eigenvalue weighted by atomic mass is 10.2. The molecule has 0 fully saturated rings. The van der Waals surface area contributed by atoms with Crippen molar-refractivity contribution in [2.75, 3.05) is 0 Å². The molecule has 3 heteroatoms. The Balaban J connectivity index is 2.24. The first-order valence-corrected chi connectivity index (χ1v) is 6.19. The molecule has 2 aromatic heterocycles. The minimum Gasteiger partial charge on any atom is -0.306 e. The topological polar surface area (TPSA) is 30.7 Å². The molecule has 0 atom stereocenters. The van der Waals surface area contributed by atoms with Gasteiger partial charge in [0.15, 0.2) is 0 Å². The fraction of sp³-hybridized carbons (Fsp3) is 0. The second kappa shape index (κ2) is 3.92. The Morgan fingerprint density at radius 2 is 1.21 bits per heavy atom. The Labute approximate surface area is 110 Å². The highest BCUT2D eigenvalue weighted by Gasteiger charge is 2.10. The molecule has 0 amide bonds. The normalized spacial score (nSPS) is 11.2. The zero-order valence-electron chi connectivity index (χ0n) is 10.2. The third-order valence-corrected chi connectivity index (χ3v) is 3.39. The van der Waals surface area contributed by atoms with Crippen molar-refractivity contribution in [1.82, 2.24) is 14.5 Å². The van der Waals surface area contributed by atoms with Gasteiger partial charge in [0, 0.05) is 10.8 Å². The molecule has 4 rings (SSSR count). The van der Waals surface area contributed by atoms with E-state index in [0.717, 1.165) is 5.69 Å². The van der Waals surface area contributed by atoms with Gasteiger partial charge in [0.25, 0.3) is 0 Å². The maximum absolute atomic E-state index is 4.12. The first-order valence-electron chi connectivity index (χ1n) is 6.19. The molecule has 0 N–H and O–H groups in total. The Morgan fingerprint density at radius 3 is 1.79 bits per heavy atom. The van der Waals surface area contributed by atoms with Crippen LogP contribution in [0, 0.1) is 0 Å². The smallest absolute Gasteiger partial charge is 0.115 e. The van der Waals surface area contributed by atoms with E-state index in [2.05, 4.69) is 63.1 Å². The fourth-order valence-corrected chi connectivity index (χ4v) is 2.61. The predicted octanol–water partition coefficient (Wildman–Crippen LogP) is 3.57. The van der Waals surface area contributed by atoms with E-state index in [1.165, 1.54) is 21.8 Å². The van der Waals surface area contributed by atoms with Crippen LogP contribution in [0.3, 0.4) is 0 Å². The summed E-state index contributed by atoms with van der Waals surface area (Å²) in [6.07, 6.45) is 5.23. The monoisotopic (exact) mass is 245 g/mol. The van der Waals surface area contributed by atoms with Crippen LogP contribution >= 0.6 is 0 Å². The number of aromatic nitrogens is 3. The molecular weight excluding hydrogens is 234 g/mol. The van der Waals surface area contributed by atoms with Crippen LogP contribution in [-0.2, 0) is 0 Å². The van der Waals surface area contributed by atoms with E-state index in [1.54, 1.807) is 6.33 Å². The highest BCUT2D eigenvalue weighted by atomic mass is 15.0. The number of rotatable bonds is 1. The maximum atomic E-state index is 4.12. The van der Waals surface area contributed by atoms with Gasteiger partial charge in [0.05, 0.1) is 29.1 Å². The molecule has 0 aliphatic rings. The number of hydrogen-bond donors (Lipinski definition) is 0. The van der Waals surface area contributed by atoms with E-state index in [9.17, 15) is 0 Å². The first kappa shape index (κ1) is 10.3. The number of nitrogens with zero attached hydrogens (tertiary/aromatic N) is 3. The molecule has 0 saturated carbocycles. The molecule has 90 valence electrons. The lowest BCUT2D eigenvalue weighted by Gasteiger charge is -2.05. The van der Waals surface area contributed by atoms with E-state index in [4.69, 9.17) is 0 Å². The molecule has 0 unspecified atom stereocenters. The number of para-hydroxylation sites is 2. The van der Waals surface area contributed by atoms with Crippen LogP contribution < -0.4 is 0 Å². The van der Waals surface area contributed by atoms with E-state index in [0.29, 0.717) is 0 Å². The number of benzene rings is 2. The van der Waals surface area contributed by atoms with Gasteiger partial charge in [-0.15, -0.1) is 0 Å². The highest BCUT2D eigenvalue weighted by Crippen LogP contribution is 2.30. The van der Waals surface area contributed by atoms with Gasteiger partial charge >= 0.3 is 0 Å². The Kier molecular flexibility index (Phi) is 2.12. The molecule has 0 aliphatic carbocycles. The van der Waals surface area contributed by atoms with Gasteiger partial charge in [-0.1, -0.05) is 36.4 Å². The van der Waals surface area contributed by atoms with Crippen molar-refractivity contribution in [2.45, 2.75) is 0 Å². The summed E-state index contributed by atoms with van der Waals surface area (Å²) in [4.78, 5) is 8.24. The third kappa shape index (κ3) is 1.45. The summed E-state index contributed by atoms with van der Waals surface area (Å²) in [5.74, 6) is 0. The van der Waals surface area contributed by atoms with E-state index in [-0.39, 0.29) is 0 Å². The molecule has 0 spiro atoms. The molecule has 2 heterocycles. The summed E-state index contributed by atoms with van der Waals surface area (Å²) in [6, 6.07) is 16.8. The fourth-order valence-electron chi connectivity index (χ4n) is 2.61. The van der Waals surface area contributed by atoms with Crippen LogP contribution in [0.4, 0.5) is 0 Å². The van der Waals surface area contributed by atoms with Crippen LogP contribution in [-0.4, -0.2) is 14.5 Å². The number of hydrogen-bond acceptors (Lipinski definition) is 2. The Morgan fingerprint density at radius 1 is 0.684 bits per heavy atom. The summed E-state index contributed by atoms with van der Waals surface area (Å²) in [7, 11) is 0. The van der Waals surface area contributed by atoms with Gasteiger partial charge in [-0.25, -0.2) is 9.97 Å². The highest BCUT2D eigenvalue weighted by molar-refractivity contribution is 6.09. The summed E-state index contributed by atoms with van der Waals surface area (Å²) in [6.45, 7) is 0. The van der Waals surface area contributed by atoms with Crippen molar-refractivity contribution in [3.05, 3.63) is 67.3 Å². The second-order valence-corrected chi connectivity index (χ2v) is 4.47. The molecule has 0 bridgehead atoms. The average Bonchev–Trinajstić information content (AvgIpc) is 2.83. The quantitative estimate of drug-likeness (QED) is 0.513. The standard InChI is InChI=1S/C16H11N3/c1-3-7-15-13(5-1)14-6-2-4-8-16(14)19(15)12-9-17-11-18-10-12/h1-11H. The SMILES string of the molecule is c1ccc2c(c1)c1ccccc1n2-c1cncnc1. The minimum atomic E-state index is 0.986. The van der Waals surface area contributed by atoms with Crippen molar-refractivity contribution in [3.63, 3.8) is 0 Å². The van der Waals surface area contributed by atoms with Crippen LogP contribution in [0.2, 0.25) is 0 Å². The molecule has 0 radical (unpaired) electrons. The second-order valence-electron chi connectivity index (χ2n) is 4.47. The van der Waals surface area contributed by atoms with E-state index in [1.807, 2.05) is 12.4 Å². The van der Waals surface area contributed by atoms with Gasteiger partial charge in [0.2, 0.25) is 0 Å². The summed E-state index contributed by atoms with van der Waals surface area (Å²) in [5.41, 5.74) is 3.34. The molecular formula is C16H11N3. The van der Waals surface area contributed by atoms with Crippen LogP contribution in [0.5, 0.6) is 0 Å². The van der Waals surface area contributed by atoms with Crippen LogP contribution in [0.25, 0.3) is 27.5 Å². The van der Waals surface area contributed by atoms with Crippen molar-refractivity contribution >= 4 is 21.8 Å². The maximum Gasteiger partial charge on any atom is 0.115 e. The Hall–Kier alpha value is -2.68. The van der Waals surface area contributed by atoms with Gasteiger partial charge < -0.3 is 4.57 Å². The van der Waals surface area contributed by atoms with Crippen LogP contribution in [0.15, 0.2) is 67.3 Å². The Bertz CT molecular complexity index is 810. The minimum absolute atomic E-state index is 0.986. The third-order valence-electron chi connectivity index (χ3n) is 3.39. The van der Waals surface area contributed by atoms with Gasteiger partial charge in [0.1, 0.15) is 6.33 Å². The number of fused-ring (bicyclic) bond motifs is 3. The first-order chi connectivity index (χ1) is 9.45. The van der Waals surface area contributed by atoms with Crippen LogP contribution in [0.1, 0.15) is 0 Å². The van der Waals surface area contributed by atoms with Gasteiger partial charge in [-0.3, -0.25) is 0 Å². The van der Waals surface area contributed by atoms with Crippen molar-refractivity contribution in [3.8, 4) is 5.69 Å². The molecule has 4 aromatic rings. The van der Waals surface area contributed by atoms with Gasteiger partial charge in [-0.05, 0) is 12.1 Å². The summed E-state index contributed by atoms with van der Waals surface area (Å²) in [5, 5.41) is 2.50. The molecule has 3 nitrogen and oxygen atoms in total. The zero-order valence-corrected chi connectivity index (χ0v) is 10.2. The largest absolute Gasteiger partial charge is 0.306 e. The van der Waals surface area contributed by atoms with E-state index < -0.39 is 0 Å². The van der Waals surface area contributed by atoms with Crippen molar-refractivity contribution in [2.24, 2.45) is 0 Å². The molecule has 19 heavy (non-hydrogen) atoms. The molecule has 0 aliphatic heterocycles.